The first-order valence-corrected chi connectivity index (χ1v) is 7.03. The van der Waals surface area contributed by atoms with Crippen LogP contribution in [0.25, 0.3) is 0 Å². The van der Waals surface area contributed by atoms with Gasteiger partial charge < -0.3 is 5.32 Å². The van der Waals surface area contributed by atoms with Gasteiger partial charge in [-0.05, 0) is 18.6 Å². The van der Waals surface area contributed by atoms with Gasteiger partial charge in [0.1, 0.15) is 4.90 Å². The molecule has 0 spiro atoms. The Kier molecular flexibility index (Phi) is 9.10. The van der Waals surface area contributed by atoms with Crippen LogP contribution in [-0.4, -0.2) is 21.4 Å². The highest BCUT2D eigenvalue weighted by Gasteiger charge is 2.20. The van der Waals surface area contributed by atoms with Crippen molar-refractivity contribution in [3.8, 4) is 0 Å². The maximum atomic E-state index is 11.8. The van der Waals surface area contributed by atoms with Gasteiger partial charge in [0.25, 0.3) is 10.1 Å². The summed E-state index contributed by atoms with van der Waals surface area (Å²) in [5.41, 5.74) is 0.240. The summed E-state index contributed by atoms with van der Waals surface area (Å²) >= 11 is 0. The van der Waals surface area contributed by atoms with Crippen molar-refractivity contribution < 1.29 is 17.4 Å². The minimum atomic E-state index is -3.82. The normalized spacial score (nSPS) is 11.8. The summed E-state index contributed by atoms with van der Waals surface area (Å²) < 4.78 is 27.8. The Balaban J connectivity index is 0. The molecule has 0 heterocycles. The van der Waals surface area contributed by atoms with E-state index < -0.39 is 10.1 Å². The first-order chi connectivity index (χ1) is 8.42. The minimum Gasteiger partial charge on any atom is -0.325 e. The van der Waals surface area contributed by atoms with Crippen LogP contribution in [0.5, 0.6) is 0 Å². The molecule has 20 heavy (non-hydrogen) atoms. The highest BCUT2D eigenvalue weighted by Crippen LogP contribution is 2.23. The van der Waals surface area contributed by atoms with Gasteiger partial charge in [-0.2, -0.15) is 8.42 Å². The molecule has 1 N–H and O–H groups in total. The van der Waals surface area contributed by atoms with Crippen molar-refractivity contribution in [2.24, 2.45) is 5.92 Å². The van der Waals surface area contributed by atoms with Crippen LogP contribution in [0, 0.1) is 5.92 Å². The molecule has 0 aromatic heterocycles. The van der Waals surface area contributed by atoms with Crippen molar-refractivity contribution >= 4 is 21.7 Å². The Bertz CT molecular complexity index is 526. The van der Waals surface area contributed by atoms with E-state index in [1.807, 2.05) is 6.92 Å². The van der Waals surface area contributed by atoms with Crippen molar-refractivity contribution in [3.05, 3.63) is 24.3 Å². The summed E-state index contributed by atoms with van der Waals surface area (Å²) in [6.45, 7) is 3.67. The molecule has 1 atom stereocenters. The number of hydrogen-bond acceptors (Lipinski definition) is 4. The van der Waals surface area contributed by atoms with Crippen molar-refractivity contribution in [3.63, 3.8) is 0 Å². The van der Waals surface area contributed by atoms with Crippen molar-refractivity contribution in [1.29, 1.82) is 0 Å². The molecule has 1 rings (SSSR count). The molecule has 1 unspecified atom stereocenters. The number of rotatable bonds is 5. The van der Waals surface area contributed by atoms with E-state index in [0.717, 1.165) is 7.11 Å². The fourth-order valence-electron chi connectivity index (χ4n) is 1.32. The SMILES string of the molecule is C.C.CCC(C)C(=O)Nc1ccccc1S(=O)(=O)OC. The Morgan fingerprint density at radius 2 is 1.85 bits per heavy atom. The van der Waals surface area contributed by atoms with E-state index in [1.54, 1.807) is 19.1 Å². The Morgan fingerprint density at radius 3 is 2.35 bits per heavy atom. The van der Waals surface area contributed by atoms with Crippen LogP contribution < -0.4 is 5.32 Å². The number of carbonyl (C=O) groups excluding carboxylic acids is 1. The van der Waals surface area contributed by atoms with Crippen LogP contribution in [0.15, 0.2) is 29.2 Å². The summed E-state index contributed by atoms with van der Waals surface area (Å²) in [6, 6.07) is 6.16. The third-order valence-corrected chi connectivity index (χ3v) is 4.03. The summed E-state index contributed by atoms with van der Waals surface area (Å²) in [5, 5.41) is 2.60. The molecule has 0 radical (unpaired) electrons. The van der Waals surface area contributed by atoms with Gasteiger partial charge in [-0.15, -0.1) is 0 Å². The van der Waals surface area contributed by atoms with E-state index in [2.05, 4.69) is 9.50 Å². The molecule has 0 saturated carbocycles. The van der Waals surface area contributed by atoms with Crippen LogP contribution >= 0.6 is 0 Å². The lowest BCUT2D eigenvalue weighted by Crippen LogP contribution is -2.21. The molecule has 1 aromatic carbocycles. The average molecular weight is 303 g/mol. The van der Waals surface area contributed by atoms with Gasteiger partial charge in [-0.25, -0.2) is 0 Å². The molecule has 1 aromatic rings. The molecular weight excluding hydrogens is 278 g/mol. The van der Waals surface area contributed by atoms with Crippen LogP contribution in [0.3, 0.4) is 0 Å². The first kappa shape index (κ1) is 20.9. The van der Waals surface area contributed by atoms with Gasteiger partial charge in [0, 0.05) is 5.92 Å². The van der Waals surface area contributed by atoms with E-state index in [-0.39, 0.29) is 37.3 Å². The number of benzene rings is 1. The quantitative estimate of drug-likeness (QED) is 0.847. The van der Waals surface area contributed by atoms with Crippen LogP contribution in [0.2, 0.25) is 0 Å². The van der Waals surface area contributed by atoms with Crippen LogP contribution in [0.1, 0.15) is 35.1 Å². The van der Waals surface area contributed by atoms with E-state index in [9.17, 15) is 13.2 Å². The topological polar surface area (TPSA) is 72.5 Å². The Hall–Kier alpha value is -1.40. The summed E-state index contributed by atoms with van der Waals surface area (Å²) in [6.07, 6.45) is 0.686. The molecule has 1 amide bonds. The molecule has 0 aliphatic heterocycles. The lowest BCUT2D eigenvalue weighted by Gasteiger charge is -2.13. The molecule has 0 fully saturated rings. The zero-order valence-corrected chi connectivity index (χ0v) is 11.5. The second kappa shape index (κ2) is 8.71. The summed E-state index contributed by atoms with van der Waals surface area (Å²) in [5.74, 6) is -0.389. The number of anilines is 1. The predicted octanol–water partition coefficient (Wildman–Crippen LogP) is 3.28. The van der Waals surface area contributed by atoms with Gasteiger partial charge in [-0.1, -0.05) is 40.8 Å². The average Bonchev–Trinajstić information content (AvgIpc) is 2.38. The number of hydrogen-bond donors (Lipinski definition) is 1. The molecule has 0 saturated heterocycles. The third-order valence-electron chi connectivity index (χ3n) is 2.69. The molecule has 0 bridgehead atoms. The number of carbonyl (C=O) groups is 1. The summed E-state index contributed by atoms with van der Waals surface area (Å²) in [4.78, 5) is 11.7. The largest absolute Gasteiger partial charge is 0.325 e. The fourth-order valence-corrected chi connectivity index (χ4v) is 2.13. The zero-order chi connectivity index (χ0) is 13.8. The van der Waals surface area contributed by atoms with Crippen molar-refractivity contribution in [1.82, 2.24) is 0 Å². The fraction of sp³-hybridized carbons (Fsp3) is 0.500. The second-order valence-electron chi connectivity index (χ2n) is 3.92. The smallest absolute Gasteiger partial charge is 0.298 e. The van der Waals surface area contributed by atoms with Gasteiger partial charge in [0.2, 0.25) is 5.91 Å². The minimum absolute atomic E-state index is 0. The molecule has 116 valence electrons. The highest BCUT2D eigenvalue weighted by atomic mass is 32.2. The zero-order valence-electron chi connectivity index (χ0n) is 10.6. The van der Waals surface area contributed by atoms with Crippen LogP contribution in [0.4, 0.5) is 5.69 Å². The number of amides is 1. The number of para-hydroxylation sites is 1. The molecule has 5 nitrogen and oxygen atoms in total. The highest BCUT2D eigenvalue weighted by molar-refractivity contribution is 7.87. The van der Waals surface area contributed by atoms with E-state index in [1.165, 1.54) is 12.1 Å². The maximum absolute atomic E-state index is 11.8. The van der Waals surface area contributed by atoms with Crippen molar-refractivity contribution in [2.45, 2.75) is 40.0 Å². The third kappa shape index (κ3) is 4.94. The second-order valence-corrected chi connectivity index (χ2v) is 5.60. The molecule has 0 aliphatic rings. The van der Waals surface area contributed by atoms with Gasteiger partial charge in [-0.3, -0.25) is 8.98 Å². The molecular formula is C14H25NO4S. The lowest BCUT2D eigenvalue weighted by molar-refractivity contribution is -0.119. The monoisotopic (exact) mass is 303 g/mol. The Morgan fingerprint density at radius 1 is 1.30 bits per heavy atom. The van der Waals surface area contributed by atoms with Gasteiger partial charge in [0.15, 0.2) is 0 Å². The van der Waals surface area contributed by atoms with Crippen LogP contribution in [-0.2, 0) is 19.1 Å². The summed E-state index contributed by atoms with van der Waals surface area (Å²) in [7, 11) is -2.74. The van der Waals surface area contributed by atoms with E-state index in [0.29, 0.717) is 6.42 Å². The van der Waals surface area contributed by atoms with Gasteiger partial charge in [0.05, 0.1) is 12.8 Å². The number of nitrogens with one attached hydrogen (secondary N) is 1. The van der Waals surface area contributed by atoms with E-state index >= 15 is 0 Å². The van der Waals surface area contributed by atoms with E-state index in [4.69, 9.17) is 0 Å². The predicted molar refractivity (Wildman–Crippen MR) is 82.2 cm³/mol. The van der Waals surface area contributed by atoms with Crippen molar-refractivity contribution in [2.75, 3.05) is 12.4 Å². The molecule has 6 heteroatoms. The van der Waals surface area contributed by atoms with Gasteiger partial charge >= 0.3 is 0 Å². The standard InChI is InChI=1S/C12H17NO4S.2CH4/c1-4-9(2)12(14)13-10-7-5-6-8-11(10)18(15,16)17-3;;/h5-9H,4H2,1-3H3,(H,13,14);2*1H4. The maximum Gasteiger partial charge on any atom is 0.298 e. The lowest BCUT2D eigenvalue weighted by atomic mass is 10.1. The first-order valence-electron chi connectivity index (χ1n) is 5.63. The Labute approximate surface area is 122 Å². The molecule has 0 aliphatic carbocycles.